The fraction of sp³-hybridized carbons (Fsp3) is 0.480. The summed E-state index contributed by atoms with van der Waals surface area (Å²) in [4.78, 5) is 26.2. The Kier molecular flexibility index (Phi) is 5.24. The monoisotopic (exact) mass is 478 g/mol. The van der Waals surface area contributed by atoms with E-state index in [0.29, 0.717) is 10.6 Å². The lowest BCUT2D eigenvalue weighted by Gasteiger charge is -2.27. The Morgan fingerprint density at radius 2 is 2.18 bits per heavy atom. The first kappa shape index (κ1) is 21.8. The van der Waals surface area contributed by atoms with Gasteiger partial charge in [-0.05, 0) is 56.4 Å². The summed E-state index contributed by atoms with van der Waals surface area (Å²) in [6.45, 7) is 5.21. The van der Waals surface area contributed by atoms with Gasteiger partial charge in [0.1, 0.15) is 15.5 Å². The number of amides is 1. The van der Waals surface area contributed by atoms with E-state index in [-0.39, 0.29) is 23.4 Å². The predicted molar refractivity (Wildman–Crippen MR) is 134 cm³/mol. The van der Waals surface area contributed by atoms with Crippen LogP contribution in [0.2, 0.25) is 0 Å². The molecule has 5 heterocycles. The van der Waals surface area contributed by atoms with Crippen molar-refractivity contribution in [1.82, 2.24) is 15.3 Å². The van der Waals surface area contributed by atoms with Crippen LogP contribution in [0.4, 0.5) is 11.5 Å². The fourth-order valence-electron chi connectivity index (χ4n) is 5.62. The van der Waals surface area contributed by atoms with Crippen LogP contribution in [0, 0.1) is 12.3 Å². The average molecular weight is 479 g/mol. The van der Waals surface area contributed by atoms with Gasteiger partial charge in [-0.1, -0.05) is 6.07 Å². The number of fused-ring (bicyclic) bond motifs is 2. The van der Waals surface area contributed by atoms with E-state index in [1.54, 1.807) is 0 Å². The minimum absolute atomic E-state index is 0.0612. The summed E-state index contributed by atoms with van der Waals surface area (Å²) in [5.74, 6) is 0.882. The molecule has 2 aliphatic heterocycles. The molecular formula is C25H30N6O2S. The number of hydrogen-bond acceptors (Lipinski definition) is 8. The molecule has 3 aromatic heterocycles. The van der Waals surface area contributed by atoms with Crippen LogP contribution >= 0.6 is 11.3 Å². The minimum atomic E-state index is -0.119. The molecule has 2 saturated heterocycles. The van der Waals surface area contributed by atoms with Crippen molar-refractivity contribution in [2.24, 2.45) is 11.1 Å². The second kappa shape index (κ2) is 8.18. The lowest BCUT2D eigenvalue weighted by Crippen LogP contribution is -2.40. The van der Waals surface area contributed by atoms with Crippen LogP contribution < -0.4 is 21.7 Å². The van der Waals surface area contributed by atoms with Gasteiger partial charge in [-0.25, -0.2) is 9.97 Å². The molecule has 0 saturated carbocycles. The maximum Gasteiger partial charge on any atom is 0.263 e. The number of rotatable bonds is 3. The van der Waals surface area contributed by atoms with Gasteiger partial charge < -0.3 is 26.4 Å². The average Bonchev–Trinajstić information content (AvgIpc) is 3.52. The van der Waals surface area contributed by atoms with Gasteiger partial charge in [-0.2, -0.15) is 0 Å². The SMILES string of the molecule is Cc1ccc2c(N)c(C(=O)N[C@H]3CCc4nc(N5C[C@H](N)[C@]6(CCOC6)C5)ccc4C3)sc2n1. The topological polar surface area (TPSA) is 119 Å². The molecule has 1 aliphatic carbocycles. The first-order valence-electron chi connectivity index (χ1n) is 12.0. The second-order valence-electron chi connectivity index (χ2n) is 9.99. The van der Waals surface area contributed by atoms with E-state index in [0.717, 1.165) is 79.4 Å². The van der Waals surface area contributed by atoms with E-state index in [9.17, 15) is 4.79 Å². The molecule has 0 aromatic carbocycles. The summed E-state index contributed by atoms with van der Waals surface area (Å²) in [6, 6.07) is 8.30. The second-order valence-corrected chi connectivity index (χ2v) is 11.0. The zero-order chi connectivity index (χ0) is 23.4. The zero-order valence-electron chi connectivity index (χ0n) is 19.3. The lowest BCUT2D eigenvalue weighted by atomic mass is 9.83. The lowest BCUT2D eigenvalue weighted by molar-refractivity contribution is 0.0938. The van der Waals surface area contributed by atoms with Crippen molar-refractivity contribution in [2.75, 3.05) is 36.9 Å². The fourth-order valence-corrected chi connectivity index (χ4v) is 6.66. The van der Waals surface area contributed by atoms with E-state index in [2.05, 4.69) is 27.3 Å². The molecule has 3 aromatic rings. The zero-order valence-corrected chi connectivity index (χ0v) is 20.2. The number of ether oxygens (including phenoxy) is 1. The molecule has 1 amide bonds. The summed E-state index contributed by atoms with van der Waals surface area (Å²) >= 11 is 1.36. The molecule has 8 nitrogen and oxygen atoms in total. The maximum atomic E-state index is 13.0. The molecule has 6 rings (SSSR count). The quantitative estimate of drug-likeness (QED) is 0.529. The molecule has 0 radical (unpaired) electrons. The molecule has 3 atom stereocenters. The number of hydrogen-bond donors (Lipinski definition) is 3. The Morgan fingerprint density at radius 3 is 3.00 bits per heavy atom. The van der Waals surface area contributed by atoms with E-state index in [1.807, 2.05) is 19.1 Å². The first-order chi connectivity index (χ1) is 16.4. The van der Waals surface area contributed by atoms with Crippen LogP contribution in [0.1, 0.15) is 39.5 Å². The van der Waals surface area contributed by atoms with Gasteiger partial charge in [-0.15, -0.1) is 11.3 Å². The smallest absolute Gasteiger partial charge is 0.263 e. The van der Waals surface area contributed by atoms with Crippen LogP contribution in [0.5, 0.6) is 0 Å². The number of carbonyl (C=O) groups is 1. The Balaban J connectivity index is 1.15. The molecule has 0 bridgehead atoms. The van der Waals surface area contributed by atoms with Gasteiger partial charge in [0.2, 0.25) is 0 Å². The highest BCUT2D eigenvalue weighted by atomic mass is 32.1. The van der Waals surface area contributed by atoms with Crippen molar-refractivity contribution in [3.05, 3.63) is 46.1 Å². The first-order valence-corrected chi connectivity index (χ1v) is 12.8. The van der Waals surface area contributed by atoms with Gasteiger partial charge in [0.05, 0.1) is 12.3 Å². The highest BCUT2D eigenvalue weighted by Crippen LogP contribution is 2.39. The third-order valence-corrected chi connectivity index (χ3v) is 8.81. The van der Waals surface area contributed by atoms with Crippen LogP contribution in [-0.4, -0.2) is 54.3 Å². The number of aryl methyl sites for hydroxylation is 2. The summed E-state index contributed by atoms with van der Waals surface area (Å²) in [7, 11) is 0. The van der Waals surface area contributed by atoms with Crippen molar-refractivity contribution >= 4 is 39.0 Å². The number of nitrogens with one attached hydrogen (secondary N) is 1. The highest BCUT2D eigenvalue weighted by molar-refractivity contribution is 7.21. The van der Waals surface area contributed by atoms with E-state index in [4.69, 9.17) is 21.2 Å². The number of nitrogens with two attached hydrogens (primary N) is 2. The number of carbonyl (C=O) groups excluding carboxylic acids is 1. The molecule has 9 heteroatoms. The molecule has 0 unspecified atom stereocenters. The number of pyridine rings is 2. The Morgan fingerprint density at radius 1 is 1.29 bits per heavy atom. The normalized spacial score (nSPS) is 26.4. The third kappa shape index (κ3) is 3.62. The van der Waals surface area contributed by atoms with Crippen LogP contribution in [0.3, 0.4) is 0 Å². The molecule has 34 heavy (non-hydrogen) atoms. The standard InChI is InChI=1S/C25H30N6O2S/c1-14-2-5-17-21(27)22(34-24(17)28-14)23(32)29-16-4-6-18-15(10-16)3-7-20(30-18)31-11-19(26)25(12-31)8-9-33-13-25/h2-3,5,7,16,19H,4,6,8-13,26-27H2,1H3,(H,29,32)/t16-,19-,25+/m0/s1. The van der Waals surface area contributed by atoms with Crippen LogP contribution in [0.15, 0.2) is 24.3 Å². The van der Waals surface area contributed by atoms with Crippen molar-refractivity contribution in [3.63, 3.8) is 0 Å². The number of anilines is 2. The number of aromatic nitrogens is 2. The maximum absolute atomic E-state index is 13.0. The molecule has 5 N–H and O–H groups in total. The van der Waals surface area contributed by atoms with Crippen molar-refractivity contribution < 1.29 is 9.53 Å². The van der Waals surface area contributed by atoms with E-state index < -0.39 is 0 Å². The Bertz CT molecular complexity index is 1270. The van der Waals surface area contributed by atoms with Gasteiger partial charge in [-0.3, -0.25) is 4.79 Å². The number of thiophene rings is 1. The molecular weight excluding hydrogens is 448 g/mol. The summed E-state index contributed by atoms with van der Waals surface area (Å²) in [5.41, 5.74) is 16.6. The van der Waals surface area contributed by atoms with Crippen LogP contribution in [-0.2, 0) is 17.6 Å². The van der Waals surface area contributed by atoms with Crippen LogP contribution in [0.25, 0.3) is 10.2 Å². The molecule has 3 aliphatic rings. The van der Waals surface area contributed by atoms with Gasteiger partial charge >= 0.3 is 0 Å². The summed E-state index contributed by atoms with van der Waals surface area (Å²) in [6.07, 6.45) is 3.49. The van der Waals surface area contributed by atoms with Crippen molar-refractivity contribution in [1.29, 1.82) is 0 Å². The molecule has 178 valence electrons. The van der Waals surface area contributed by atoms with Crippen molar-refractivity contribution in [3.8, 4) is 0 Å². The van der Waals surface area contributed by atoms with Gasteiger partial charge in [0.15, 0.2) is 0 Å². The Labute approximate surface area is 202 Å². The van der Waals surface area contributed by atoms with E-state index >= 15 is 0 Å². The van der Waals surface area contributed by atoms with Gasteiger partial charge in [0, 0.05) is 54.0 Å². The van der Waals surface area contributed by atoms with Gasteiger partial charge in [0.25, 0.3) is 5.91 Å². The molecule has 1 spiro atoms. The summed E-state index contributed by atoms with van der Waals surface area (Å²) in [5, 5.41) is 4.04. The molecule has 2 fully saturated rings. The van der Waals surface area contributed by atoms with E-state index in [1.165, 1.54) is 16.9 Å². The summed E-state index contributed by atoms with van der Waals surface area (Å²) < 4.78 is 5.66. The Hall–Kier alpha value is -2.75. The largest absolute Gasteiger partial charge is 0.397 e. The minimum Gasteiger partial charge on any atom is -0.397 e. The predicted octanol–water partition coefficient (Wildman–Crippen LogP) is 2.42. The number of nitrogen functional groups attached to an aromatic ring is 1. The highest BCUT2D eigenvalue weighted by Gasteiger charge is 2.47. The number of nitrogens with zero attached hydrogens (tertiary/aromatic N) is 3. The third-order valence-electron chi connectivity index (χ3n) is 7.69. The van der Waals surface area contributed by atoms with Crippen molar-refractivity contribution in [2.45, 2.75) is 44.7 Å².